The van der Waals surface area contributed by atoms with Gasteiger partial charge in [0.05, 0.1) is 0 Å². The Balaban J connectivity index is 0.000000162. The van der Waals surface area contributed by atoms with Crippen LogP contribution < -0.4 is 5.19 Å². The van der Waals surface area contributed by atoms with Crippen molar-refractivity contribution in [2.75, 3.05) is 0 Å². The predicted molar refractivity (Wildman–Crippen MR) is 63.7 cm³/mol. The van der Waals surface area contributed by atoms with Gasteiger partial charge in [-0.25, -0.2) is 24.3 Å². The van der Waals surface area contributed by atoms with E-state index in [9.17, 15) is 0 Å². The Morgan fingerprint density at radius 3 is 1.87 bits per heavy atom. The molecule has 1 aliphatic rings. The molecule has 0 aromatic heterocycles. The Labute approximate surface area is 104 Å². The summed E-state index contributed by atoms with van der Waals surface area (Å²) >= 11 is 0. The van der Waals surface area contributed by atoms with Crippen LogP contribution in [0.4, 0.5) is 0 Å². The maximum absolute atomic E-state index is 2.29. The van der Waals surface area contributed by atoms with Gasteiger partial charge >= 0.3 is 17.1 Å². The average Bonchev–Trinajstić information content (AvgIpc) is 2.75. The summed E-state index contributed by atoms with van der Waals surface area (Å²) in [7, 11) is 0.0170. The summed E-state index contributed by atoms with van der Waals surface area (Å²) in [4.78, 5) is 0. The molecule has 2 aromatic carbocycles. The molecule has 1 radical (unpaired) electrons. The van der Waals surface area contributed by atoms with Crippen molar-refractivity contribution < 1.29 is 17.1 Å². The molecule has 3 rings (SSSR count). The van der Waals surface area contributed by atoms with Crippen LogP contribution in [-0.2, 0) is 17.1 Å². The molecule has 1 heterocycles. The van der Waals surface area contributed by atoms with E-state index in [2.05, 4.69) is 24.3 Å². The van der Waals surface area contributed by atoms with E-state index in [1.54, 1.807) is 5.19 Å². The number of rotatable bonds is 1. The molecule has 0 unspecified atom stereocenters. The molecular formula is C13H15FeSi. The van der Waals surface area contributed by atoms with Crippen molar-refractivity contribution >= 4 is 14.0 Å². The van der Waals surface area contributed by atoms with Gasteiger partial charge < -0.3 is 0 Å². The Kier molecular flexibility index (Phi) is 5.70. The summed E-state index contributed by atoms with van der Waals surface area (Å²) in [5.41, 5.74) is 0. The van der Waals surface area contributed by atoms with Gasteiger partial charge in [0.1, 0.15) is 0 Å². The monoisotopic (exact) mass is 255 g/mol. The van der Waals surface area contributed by atoms with Gasteiger partial charge in [0.2, 0.25) is 0 Å². The van der Waals surface area contributed by atoms with Crippen LogP contribution in [0.1, 0.15) is 6.42 Å². The second-order valence-corrected chi connectivity index (χ2v) is 6.38. The molecule has 15 heavy (non-hydrogen) atoms. The Morgan fingerprint density at radius 2 is 1.53 bits per heavy atom. The van der Waals surface area contributed by atoms with Gasteiger partial charge in [-0.1, -0.05) is 18.5 Å². The molecule has 0 aliphatic carbocycles. The SMILES string of the molecule is [Fe+2].c1cc[c-]([Si]2CCC2)c1.c1cc[cH-]c1. The van der Waals surface area contributed by atoms with Crippen LogP contribution >= 0.6 is 0 Å². The molecule has 0 spiro atoms. The summed E-state index contributed by atoms with van der Waals surface area (Å²) in [6, 6.07) is 21.9. The van der Waals surface area contributed by atoms with Crippen molar-refractivity contribution in [2.45, 2.75) is 18.5 Å². The Morgan fingerprint density at radius 1 is 0.933 bits per heavy atom. The Hall–Kier alpha value is -0.564. The van der Waals surface area contributed by atoms with Gasteiger partial charge in [0, 0.05) is 8.80 Å². The van der Waals surface area contributed by atoms with Crippen molar-refractivity contribution in [3.63, 3.8) is 0 Å². The maximum atomic E-state index is 2.29. The summed E-state index contributed by atoms with van der Waals surface area (Å²) in [6.07, 6.45) is 1.49. The second-order valence-electron chi connectivity index (χ2n) is 3.59. The normalized spacial score (nSPS) is 14.4. The number of hydrogen-bond acceptors (Lipinski definition) is 0. The molecular weight excluding hydrogens is 240 g/mol. The smallest absolute Gasteiger partial charge is 0.214 e. The van der Waals surface area contributed by atoms with Crippen LogP contribution in [0.3, 0.4) is 0 Å². The van der Waals surface area contributed by atoms with E-state index in [0.717, 1.165) is 0 Å². The minimum atomic E-state index is 0. The predicted octanol–water partition coefficient (Wildman–Crippen LogP) is 2.91. The molecule has 0 amide bonds. The third-order valence-corrected chi connectivity index (χ3v) is 5.65. The maximum Gasteiger partial charge on any atom is 2.00 e. The molecule has 1 saturated heterocycles. The Bertz CT molecular complexity index is 302. The van der Waals surface area contributed by atoms with Crippen molar-refractivity contribution in [2.24, 2.45) is 0 Å². The van der Waals surface area contributed by atoms with Crippen LogP contribution in [0.5, 0.6) is 0 Å². The van der Waals surface area contributed by atoms with E-state index in [4.69, 9.17) is 0 Å². The van der Waals surface area contributed by atoms with E-state index in [0.29, 0.717) is 0 Å². The minimum absolute atomic E-state index is 0. The van der Waals surface area contributed by atoms with Crippen LogP contribution in [0, 0.1) is 0 Å². The summed E-state index contributed by atoms with van der Waals surface area (Å²) in [5, 5.41) is 1.66. The van der Waals surface area contributed by atoms with E-state index < -0.39 is 0 Å². The minimum Gasteiger partial charge on any atom is -0.214 e. The van der Waals surface area contributed by atoms with E-state index in [1.165, 1.54) is 18.5 Å². The van der Waals surface area contributed by atoms with Crippen LogP contribution in [-0.4, -0.2) is 8.80 Å². The molecule has 1 fully saturated rings. The van der Waals surface area contributed by atoms with E-state index in [1.807, 2.05) is 30.3 Å². The van der Waals surface area contributed by atoms with Crippen molar-refractivity contribution in [3.05, 3.63) is 54.6 Å². The molecule has 1 aliphatic heterocycles. The fourth-order valence-electron chi connectivity index (χ4n) is 1.57. The van der Waals surface area contributed by atoms with Gasteiger partial charge in [-0.2, -0.15) is 35.5 Å². The van der Waals surface area contributed by atoms with Gasteiger partial charge in [0.25, 0.3) is 0 Å². The van der Waals surface area contributed by atoms with Crippen LogP contribution in [0.25, 0.3) is 0 Å². The fourth-order valence-corrected chi connectivity index (χ4v) is 3.52. The zero-order valence-electron chi connectivity index (χ0n) is 8.67. The standard InChI is InChI=1S/C8H10Si.C5H5.Fe/c1-2-5-8(4-1)9-6-3-7-9;1-2-4-5-3-1;/h1-2,4-5H,3,6-7H2;1-5H;/q2*-1;+2. The van der Waals surface area contributed by atoms with Gasteiger partial charge in [-0.15, -0.1) is 0 Å². The summed E-state index contributed by atoms with van der Waals surface area (Å²) in [5.74, 6) is 0. The zero-order chi connectivity index (χ0) is 9.64. The van der Waals surface area contributed by atoms with Crippen LogP contribution in [0.15, 0.2) is 54.6 Å². The molecule has 0 N–H and O–H groups in total. The summed E-state index contributed by atoms with van der Waals surface area (Å²) < 4.78 is 0. The second kappa shape index (κ2) is 6.84. The molecule has 2 heteroatoms. The molecule has 2 aromatic rings. The zero-order valence-corrected chi connectivity index (χ0v) is 10.8. The summed E-state index contributed by atoms with van der Waals surface area (Å²) in [6.45, 7) is 0. The van der Waals surface area contributed by atoms with Gasteiger partial charge in [-0.05, 0) is 0 Å². The molecule has 0 saturated carbocycles. The van der Waals surface area contributed by atoms with Gasteiger partial charge in [-0.3, -0.25) is 0 Å². The first-order valence-electron chi connectivity index (χ1n) is 5.20. The van der Waals surface area contributed by atoms with Crippen LogP contribution in [0.2, 0.25) is 12.1 Å². The first-order valence-corrected chi connectivity index (χ1v) is 7.12. The molecule has 0 bridgehead atoms. The third-order valence-electron chi connectivity index (χ3n) is 2.58. The van der Waals surface area contributed by atoms with E-state index >= 15 is 0 Å². The first kappa shape index (κ1) is 12.5. The molecule has 0 nitrogen and oxygen atoms in total. The average molecular weight is 255 g/mol. The van der Waals surface area contributed by atoms with Gasteiger partial charge in [0.15, 0.2) is 0 Å². The molecule has 79 valence electrons. The largest absolute Gasteiger partial charge is 2.00 e. The fraction of sp³-hybridized carbons (Fsp3) is 0.231. The number of hydrogen-bond donors (Lipinski definition) is 0. The molecule has 0 atom stereocenters. The van der Waals surface area contributed by atoms with Crippen molar-refractivity contribution in [1.29, 1.82) is 0 Å². The first-order chi connectivity index (χ1) is 6.97. The topological polar surface area (TPSA) is 0 Å². The van der Waals surface area contributed by atoms with E-state index in [-0.39, 0.29) is 25.9 Å². The quantitative estimate of drug-likeness (QED) is 0.543. The van der Waals surface area contributed by atoms with Crippen molar-refractivity contribution in [1.82, 2.24) is 0 Å². The van der Waals surface area contributed by atoms with Crippen molar-refractivity contribution in [3.8, 4) is 0 Å². The third kappa shape index (κ3) is 3.82.